The van der Waals surface area contributed by atoms with Gasteiger partial charge in [0.15, 0.2) is 0 Å². The van der Waals surface area contributed by atoms with E-state index < -0.39 is 0 Å². The maximum absolute atomic E-state index is 4.97. The molecule has 98 valence electrons. The predicted octanol–water partition coefficient (Wildman–Crippen LogP) is 4.18. The third-order valence-electron chi connectivity index (χ3n) is 5.69. The van der Waals surface area contributed by atoms with Crippen LogP contribution in [0.5, 0.6) is 0 Å². The van der Waals surface area contributed by atoms with Crippen molar-refractivity contribution >= 4 is 27.0 Å². The van der Waals surface area contributed by atoms with Crippen molar-refractivity contribution in [3.8, 4) is 0 Å². The summed E-state index contributed by atoms with van der Waals surface area (Å²) in [7, 11) is 0. The van der Waals surface area contributed by atoms with E-state index in [1.54, 1.807) is 0 Å². The summed E-state index contributed by atoms with van der Waals surface area (Å²) in [6.45, 7) is 4.77. The van der Waals surface area contributed by atoms with Gasteiger partial charge in [0.1, 0.15) is 0 Å². The zero-order valence-electron chi connectivity index (χ0n) is 11.3. The second-order valence-electron chi connectivity index (χ2n) is 6.42. The number of para-hydroxylation sites is 2. The van der Waals surface area contributed by atoms with E-state index in [2.05, 4.69) is 41.9 Å². The molecule has 2 bridgehead atoms. The molecule has 0 amide bonds. The average molecular weight is 317 g/mol. The maximum Gasteiger partial charge on any atom is 0.0890 e. The molecule has 0 aliphatic heterocycles. The van der Waals surface area contributed by atoms with E-state index in [4.69, 9.17) is 9.97 Å². The van der Waals surface area contributed by atoms with Crippen molar-refractivity contribution < 1.29 is 0 Å². The second kappa shape index (κ2) is 3.57. The Labute approximate surface area is 121 Å². The summed E-state index contributed by atoms with van der Waals surface area (Å²) in [5, 5.41) is 1.02. The Balaban J connectivity index is 2.05. The molecule has 19 heavy (non-hydrogen) atoms. The fourth-order valence-electron chi connectivity index (χ4n) is 4.15. The summed E-state index contributed by atoms with van der Waals surface area (Å²) in [5.74, 6) is 0.559. The smallest absolute Gasteiger partial charge is 0.0890 e. The van der Waals surface area contributed by atoms with Gasteiger partial charge in [0.05, 0.1) is 22.4 Å². The number of alkyl halides is 1. The Kier molecular flexibility index (Phi) is 2.22. The lowest BCUT2D eigenvalue weighted by Gasteiger charge is -2.36. The molecular formula is C16H17BrN2. The molecule has 0 spiro atoms. The highest BCUT2D eigenvalue weighted by Gasteiger charge is 2.63. The normalized spacial score (nSPS) is 35.8. The largest absolute Gasteiger partial charge is 0.249 e. The van der Waals surface area contributed by atoms with Crippen molar-refractivity contribution in [3.05, 3.63) is 35.7 Å². The number of aromatic nitrogens is 2. The Morgan fingerprint density at radius 2 is 1.89 bits per heavy atom. The van der Waals surface area contributed by atoms with Gasteiger partial charge >= 0.3 is 0 Å². The first-order chi connectivity index (χ1) is 9.10. The summed E-state index contributed by atoms with van der Waals surface area (Å²) in [6.07, 6.45) is 2.48. The molecule has 0 N–H and O–H groups in total. The van der Waals surface area contributed by atoms with Crippen LogP contribution in [0.15, 0.2) is 24.3 Å². The Bertz CT molecular complexity index is 684. The van der Waals surface area contributed by atoms with Crippen molar-refractivity contribution in [1.82, 2.24) is 9.97 Å². The van der Waals surface area contributed by atoms with Crippen molar-refractivity contribution in [2.75, 3.05) is 5.33 Å². The fraction of sp³-hybridized carbons (Fsp3) is 0.500. The van der Waals surface area contributed by atoms with E-state index in [-0.39, 0.29) is 10.8 Å². The third kappa shape index (κ3) is 1.23. The van der Waals surface area contributed by atoms with Gasteiger partial charge in [-0.2, -0.15) is 0 Å². The first kappa shape index (κ1) is 11.8. The second-order valence-corrected chi connectivity index (χ2v) is 6.98. The Morgan fingerprint density at radius 3 is 2.58 bits per heavy atom. The quantitative estimate of drug-likeness (QED) is 0.738. The molecule has 0 radical (unpaired) electrons. The van der Waals surface area contributed by atoms with E-state index in [9.17, 15) is 0 Å². The highest BCUT2D eigenvalue weighted by atomic mass is 79.9. The lowest BCUT2D eigenvalue weighted by atomic mass is 9.70. The van der Waals surface area contributed by atoms with Crippen molar-refractivity contribution in [3.63, 3.8) is 0 Å². The highest BCUT2D eigenvalue weighted by molar-refractivity contribution is 9.09. The van der Waals surface area contributed by atoms with Crippen molar-refractivity contribution in [1.29, 1.82) is 0 Å². The molecule has 3 atom stereocenters. The van der Waals surface area contributed by atoms with Gasteiger partial charge in [-0.3, -0.25) is 0 Å². The minimum absolute atomic E-state index is 0.174. The first-order valence-electron chi connectivity index (χ1n) is 6.93. The number of benzene rings is 1. The molecule has 2 aliphatic carbocycles. The predicted molar refractivity (Wildman–Crippen MR) is 80.8 cm³/mol. The van der Waals surface area contributed by atoms with Gasteiger partial charge < -0.3 is 0 Å². The number of hydrogen-bond donors (Lipinski definition) is 0. The van der Waals surface area contributed by atoms with Crippen LogP contribution in [0.4, 0.5) is 0 Å². The molecule has 1 aromatic heterocycles. The Hall–Kier alpha value is -0.960. The van der Waals surface area contributed by atoms with E-state index in [0.29, 0.717) is 5.92 Å². The molecule has 0 unspecified atom stereocenters. The molecule has 1 heterocycles. The molecule has 3 heteroatoms. The topological polar surface area (TPSA) is 25.8 Å². The molecule has 2 aliphatic rings. The van der Waals surface area contributed by atoms with E-state index in [1.165, 1.54) is 24.2 Å². The van der Waals surface area contributed by atoms with Gasteiger partial charge in [-0.1, -0.05) is 41.9 Å². The zero-order valence-corrected chi connectivity index (χ0v) is 12.9. The molecule has 0 saturated heterocycles. The molecule has 2 nitrogen and oxygen atoms in total. The van der Waals surface area contributed by atoms with Gasteiger partial charge in [-0.25, -0.2) is 9.97 Å². The monoisotopic (exact) mass is 316 g/mol. The lowest BCUT2D eigenvalue weighted by molar-refractivity contribution is 0.236. The summed E-state index contributed by atoms with van der Waals surface area (Å²) in [6, 6.07) is 8.23. The van der Waals surface area contributed by atoms with Crippen molar-refractivity contribution in [2.24, 2.45) is 5.41 Å². The van der Waals surface area contributed by atoms with E-state index in [0.717, 1.165) is 16.4 Å². The van der Waals surface area contributed by atoms with Gasteiger partial charge in [-0.15, -0.1) is 0 Å². The molecule has 4 rings (SSSR count). The van der Waals surface area contributed by atoms with Crippen LogP contribution < -0.4 is 0 Å². The van der Waals surface area contributed by atoms with Crippen LogP contribution in [-0.2, 0) is 5.41 Å². The van der Waals surface area contributed by atoms with Crippen LogP contribution >= 0.6 is 15.9 Å². The number of hydrogen-bond acceptors (Lipinski definition) is 2. The summed E-state index contributed by atoms with van der Waals surface area (Å²) in [5.41, 5.74) is 5.01. The minimum atomic E-state index is 0.174. The number of rotatable bonds is 1. The number of halogens is 1. The van der Waals surface area contributed by atoms with Crippen LogP contribution in [0.25, 0.3) is 11.0 Å². The fourth-order valence-corrected chi connectivity index (χ4v) is 5.16. The van der Waals surface area contributed by atoms with Gasteiger partial charge in [0.25, 0.3) is 0 Å². The molecule has 1 aromatic carbocycles. The summed E-state index contributed by atoms with van der Waals surface area (Å²) in [4.78, 5) is 9.91. The maximum atomic E-state index is 4.97. The lowest BCUT2D eigenvalue weighted by Crippen LogP contribution is -2.36. The van der Waals surface area contributed by atoms with Gasteiger partial charge in [0, 0.05) is 16.7 Å². The van der Waals surface area contributed by atoms with Crippen LogP contribution in [0.1, 0.15) is 44.0 Å². The molecule has 1 fully saturated rings. The summed E-state index contributed by atoms with van der Waals surface area (Å²) >= 11 is 3.75. The molecular weight excluding hydrogens is 300 g/mol. The standard InChI is InChI=1S/C16H17BrN2/c1-15-8-7-10(16(15,2)9-17)13-14(15)19-12-6-4-3-5-11(12)18-13/h3-6,10H,7-9H2,1-2H3/t10-,15+,16-/m1/s1. The van der Waals surface area contributed by atoms with Gasteiger partial charge in [-0.05, 0) is 30.4 Å². The number of nitrogens with zero attached hydrogens (tertiary/aromatic N) is 2. The zero-order chi connectivity index (χ0) is 13.3. The van der Waals surface area contributed by atoms with E-state index in [1.807, 2.05) is 12.1 Å². The molecule has 2 aromatic rings. The first-order valence-corrected chi connectivity index (χ1v) is 8.05. The third-order valence-corrected chi connectivity index (χ3v) is 6.86. The minimum Gasteiger partial charge on any atom is -0.249 e. The SMILES string of the molecule is C[C@]12CC[C@H](c3nc4ccccc4nc31)[C@@]2(C)CBr. The summed E-state index contributed by atoms with van der Waals surface area (Å²) < 4.78 is 0. The van der Waals surface area contributed by atoms with Gasteiger partial charge in [0.2, 0.25) is 0 Å². The molecule has 1 saturated carbocycles. The number of fused-ring (bicyclic) bond motifs is 6. The van der Waals surface area contributed by atoms with Crippen molar-refractivity contribution in [2.45, 2.75) is 38.0 Å². The average Bonchev–Trinajstić information content (AvgIpc) is 2.80. The Morgan fingerprint density at radius 1 is 1.21 bits per heavy atom. The van der Waals surface area contributed by atoms with Crippen LogP contribution in [0.3, 0.4) is 0 Å². The van der Waals surface area contributed by atoms with Crippen LogP contribution in [0.2, 0.25) is 0 Å². The van der Waals surface area contributed by atoms with E-state index >= 15 is 0 Å². The highest BCUT2D eigenvalue weighted by Crippen LogP contribution is 2.67. The van der Waals surface area contributed by atoms with Crippen LogP contribution in [0, 0.1) is 5.41 Å². The van der Waals surface area contributed by atoms with Crippen LogP contribution in [-0.4, -0.2) is 15.3 Å².